The van der Waals surface area contributed by atoms with E-state index in [9.17, 15) is 0 Å². The van der Waals surface area contributed by atoms with Crippen LogP contribution >= 0.6 is 39.0 Å². The Hall–Kier alpha value is 0.490. The topological polar surface area (TPSA) is 12.0 Å². The third-order valence-electron chi connectivity index (χ3n) is 3.01. The lowest BCUT2D eigenvalue weighted by atomic mass is 10.2. The maximum atomic E-state index is 3.64. The smallest absolute Gasteiger partial charge is 0.0397 e. The molecule has 1 aromatic rings. The molecule has 0 radical (unpaired) electrons. The molecule has 1 saturated carbocycles. The molecule has 1 atom stereocenters. The van der Waals surface area contributed by atoms with Crippen molar-refractivity contribution < 1.29 is 0 Å². The number of hydrogen-bond acceptors (Lipinski definition) is 3. The molecule has 84 valence electrons. The number of thiophene rings is 1. The Morgan fingerprint density at radius 2 is 2.40 bits per heavy atom. The van der Waals surface area contributed by atoms with Gasteiger partial charge in [-0.25, -0.2) is 0 Å². The highest BCUT2D eigenvalue weighted by Gasteiger charge is 2.41. The second-order valence-corrected chi connectivity index (χ2v) is 7.20. The minimum Gasteiger partial charge on any atom is -0.308 e. The van der Waals surface area contributed by atoms with E-state index in [4.69, 9.17) is 0 Å². The van der Waals surface area contributed by atoms with Gasteiger partial charge in [0.1, 0.15) is 0 Å². The largest absolute Gasteiger partial charge is 0.308 e. The fourth-order valence-electron chi connectivity index (χ4n) is 1.64. The molecule has 0 aromatic carbocycles. The molecule has 1 aromatic heterocycles. The molecule has 1 heterocycles. The van der Waals surface area contributed by atoms with Crippen molar-refractivity contribution in [3.8, 4) is 0 Å². The molecular formula is C11H16BrNS2. The first-order chi connectivity index (χ1) is 7.17. The Morgan fingerprint density at radius 1 is 1.67 bits per heavy atom. The molecule has 0 aliphatic heterocycles. The van der Waals surface area contributed by atoms with E-state index in [0.29, 0.717) is 10.8 Å². The zero-order chi connectivity index (χ0) is 10.9. The van der Waals surface area contributed by atoms with Gasteiger partial charge in [0.2, 0.25) is 0 Å². The van der Waals surface area contributed by atoms with Gasteiger partial charge in [-0.3, -0.25) is 0 Å². The number of nitrogens with one attached hydrogen (secondary N) is 1. The summed E-state index contributed by atoms with van der Waals surface area (Å²) in [6, 6.07) is 2.59. The summed E-state index contributed by atoms with van der Waals surface area (Å²) < 4.78 is 1.79. The van der Waals surface area contributed by atoms with E-state index in [-0.39, 0.29) is 0 Å². The second-order valence-electron chi connectivity index (χ2n) is 4.12. The third-order valence-corrected chi connectivity index (χ3v) is 6.48. The summed E-state index contributed by atoms with van der Waals surface area (Å²) in [5, 5.41) is 5.78. The van der Waals surface area contributed by atoms with Crippen LogP contribution in [0.4, 0.5) is 0 Å². The van der Waals surface area contributed by atoms with E-state index in [1.54, 1.807) is 0 Å². The molecule has 1 nitrogen and oxygen atoms in total. The average Bonchev–Trinajstić information content (AvgIpc) is 2.91. The van der Waals surface area contributed by atoms with Crippen LogP contribution in [0.3, 0.4) is 0 Å². The fourth-order valence-corrected chi connectivity index (χ4v) is 4.13. The van der Waals surface area contributed by atoms with Gasteiger partial charge < -0.3 is 5.32 Å². The first-order valence-electron chi connectivity index (χ1n) is 5.18. The van der Waals surface area contributed by atoms with Gasteiger partial charge in [-0.05, 0) is 53.4 Å². The highest BCUT2D eigenvalue weighted by molar-refractivity contribution is 9.10. The first-order valence-corrected chi connectivity index (χ1v) is 8.08. The van der Waals surface area contributed by atoms with E-state index >= 15 is 0 Å². The Morgan fingerprint density at radius 3 is 2.87 bits per heavy atom. The lowest BCUT2D eigenvalue weighted by Gasteiger charge is -2.18. The first kappa shape index (κ1) is 12.0. The molecule has 15 heavy (non-hydrogen) atoms. The van der Waals surface area contributed by atoms with Gasteiger partial charge in [0.25, 0.3) is 0 Å². The fraction of sp³-hybridized carbons (Fsp3) is 0.636. The maximum absolute atomic E-state index is 3.64. The number of rotatable bonds is 5. The van der Waals surface area contributed by atoms with E-state index < -0.39 is 0 Å². The zero-order valence-corrected chi connectivity index (χ0v) is 12.3. The molecule has 0 spiro atoms. The van der Waals surface area contributed by atoms with Crippen molar-refractivity contribution in [1.29, 1.82) is 0 Å². The van der Waals surface area contributed by atoms with Crippen LogP contribution in [-0.4, -0.2) is 17.5 Å². The van der Waals surface area contributed by atoms with Gasteiger partial charge in [-0.1, -0.05) is 0 Å². The molecule has 2 rings (SSSR count). The van der Waals surface area contributed by atoms with Crippen LogP contribution in [-0.2, 0) is 0 Å². The average molecular weight is 306 g/mol. The van der Waals surface area contributed by atoms with Crippen LogP contribution in [0.15, 0.2) is 15.9 Å². The summed E-state index contributed by atoms with van der Waals surface area (Å²) in [4.78, 5) is 1.41. The van der Waals surface area contributed by atoms with Crippen LogP contribution < -0.4 is 5.32 Å². The molecule has 0 amide bonds. The normalized spacial score (nSPS) is 20.2. The lowest BCUT2D eigenvalue weighted by molar-refractivity contribution is 0.569. The molecule has 1 aliphatic carbocycles. The SMILES string of the molecule is CSC1(CNC(C)c2sccc2Br)CC1. The quantitative estimate of drug-likeness (QED) is 0.880. The van der Waals surface area contributed by atoms with Crippen molar-refractivity contribution in [2.45, 2.75) is 30.6 Å². The molecule has 0 saturated heterocycles. The molecule has 1 unspecified atom stereocenters. The van der Waals surface area contributed by atoms with Crippen molar-refractivity contribution in [3.05, 3.63) is 20.8 Å². The molecule has 1 N–H and O–H groups in total. The van der Waals surface area contributed by atoms with Crippen molar-refractivity contribution >= 4 is 39.0 Å². The van der Waals surface area contributed by atoms with Crippen molar-refractivity contribution in [1.82, 2.24) is 5.32 Å². The molecule has 1 fully saturated rings. The standard InChI is InChI=1S/C11H16BrNS2/c1-8(10-9(12)3-6-15-10)13-7-11(14-2)4-5-11/h3,6,8,13H,4-5,7H2,1-2H3. The summed E-state index contributed by atoms with van der Waals surface area (Å²) >= 11 is 7.42. The molecule has 0 bridgehead atoms. The lowest BCUT2D eigenvalue weighted by Crippen LogP contribution is -2.28. The minimum absolute atomic E-state index is 0.462. The van der Waals surface area contributed by atoms with E-state index in [2.05, 4.69) is 45.9 Å². The highest BCUT2D eigenvalue weighted by atomic mass is 79.9. The number of halogens is 1. The van der Waals surface area contributed by atoms with Gasteiger partial charge in [-0.2, -0.15) is 11.8 Å². The van der Waals surface area contributed by atoms with Crippen LogP contribution in [0, 0.1) is 0 Å². The highest BCUT2D eigenvalue weighted by Crippen LogP contribution is 2.46. The third kappa shape index (κ3) is 2.78. The predicted molar refractivity (Wildman–Crippen MR) is 73.9 cm³/mol. The van der Waals surface area contributed by atoms with E-state index in [1.165, 1.54) is 22.2 Å². The van der Waals surface area contributed by atoms with Gasteiger partial charge in [0.15, 0.2) is 0 Å². The predicted octanol–water partition coefficient (Wildman–Crippen LogP) is 4.06. The molecular weight excluding hydrogens is 290 g/mol. The van der Waals surface area contributed by atoms with Gasteiger partial charge >= 0.3 is 0 Å². The minimum atomic E-state index is 0.462. The van der Waals surface area contributed by atoms with Gasteiger partial charge in [0, 0.05) is 26.7 Å². The number of thioether (sulfide) groups is 1. The summed E-state index contributed by atoms with van der Waals surface area (Å²) in [6.45, 7) is 3.38. The Balaban J connectivity index is 1.88. The van der Waals surface area contributed by atoms with Gasteiger partial charge in [0.05, 0.1) is 0 Å². The van der Waals surface area contributed by atoms with Crippen molar-refractivity contribution in [3.63, 3.8) is 0 Å². The van der Waals surface area contributed by atoms with E-state index in [1.807, 2.05) is 23.1 Å². The van der Waals surface area contributed by atoms with Crippen LogP contribution in [0.1, 0.15) is 30.7 Å². The summed E-state index contributed by atoms with van der Waals surface area (Å²) in [5.41, 5.74) is 0. The summed E-state index contributed by atoms with van der Waals surface area (Å²) in [7, 11) is 0. The second kappa shape index (κ2) is 4.78. The van der Waals surface area contributed by atoms with Gasteiger partial charge in [-0.15, -0.1) is 11.3 Å². The maximum Gasteiger partial charge on any atom is 0.0397 e. The summed E-state index contributed by atoms with van der Waals surface area (Å²) in [6.07, 6.45) is 4.97. The zero-order valence-electron chi connectivity index (χ0n) is 9.05. The Kier molecular flexibility index (Phi) is 3.81. The van der Waals surface area contributed by atoms with Crippen molar-refractivity contribution in [2.24, 2.45) is 0 Å². The van der Waals surface area contributed by atoms with Crippen LogP contribution in [0.2, 0.25) is 0 Å². The van der Waals surface area contributed by atoms with E-state index in [0.717, 1.165) is 6.54 Å². The molecule has 4 heteroatoms. The molecule has 1 aliphatic rings. The van der Waals surface area contributed by atoms with Crippen LogP contribution in [0.5, 0.6) is 0 Å². The monoisotopic (exact) mass is 305 g/mol. The number of hydrogen-bond donors (Lipinski definition) is 1. The van der Waals surface area contributed by atoms with Crippen LogP contribution in [0.25, 0.3) is 0 Å². The Bertz CT molecular complexity index is 333. The summed E-state index contributed by atoms with van der Waals surface area (Å²) in [5.74, 6) is 0. The van der Waals surface area contributed by atoms with Crippen molar-refractivity contribution in [2.75, 3.05) is 12.8 Å². The Labute approximate surface area is 108 Å².